The van der Waals surface area contributed by atoms with Gasteiger partial charge in [-0.25, -0.2) is 8.42 Å². The van der Waals surface area contributed by atoms with Gasteiger partial charge in [-0.15, -0.1) is 0 Å². The van der Waals surface area contributed by atoms with E-state index in [0.29, 0.717) is 17.1 Å². The molecule has 7 heteroatoms. The van der Waals surface area contributed by atoms with E-state index in [4.69, 9.17) is 4.74 Å². The SMILES string of the molecule is COc1ccc(N(C(C)C(=O)Nc2ccc(C)cc2C)S(C)(=O)=O)cc1. The average molecular weight is 376 g/mol. The second-order valence-corrected chi connectivity index (χ2v) is 8.10. The number of carbonyl (C=O) groups excluding carboxylic acids is 1. The van der Waals surface area contributed by atoms with E-state index < -0.39 is 22.0 Å². The van der Waals surface area contributed by atoms with Gasteiger partial charge in [-0.3, -0.25) is 9.10 Å². The first-order valence-electron chi connectivity index (χ1n) is 8.15. The first-order valence-corrected chi connectivity index (χ1v) is 10.00. The Morgan fingerprint density at radius 1 is 1.12 bits per heavy atom. The smallest absolute Gasteiger partial charge is 0.248 e. The van der Waals surface area contributed by atoms with Crippen molar-refractivity contribution in [2.24, 2.45) is 0 Å². The van der Waals surface area contributed by atoms with Gasteiger partial charge in [0.05, 0.1) is 19.1 Å². The van der Waals surface area contributed by atoms with E-state index >= 15 is 0 Å². The maximum Gasteiger partial charge on any atom is 0.248 e. The van der Waals surface area contributed by atoms with Crippen molar-refractivity contribution >= 4 is 27.3 Å². The average Bonchev–Trinajstić information content (AvgIpc) is 2.56. The molecule has 0 saturated heterocycles. The molecule has 0 bridgehead atoms. The van der Waals surface area contributed by atoms with Crippen LogP contribution in [0.15, 0.2) is 42.5 Å². The minimum atomic E-state index is -3.66. The molecule has 2 aromatic carbocycles. The van der Waals surface area contributed by atoms with Gasteiger partial charge in [0.15, 0.2) is 0 Å². The van der Waals surface area contributed by atoms with Crippen LogP contribution in [0.4, 0.5) is 11.4 Å². The summed E-state index contributed by atoms with van der Waals surface area (Å²) in [5.74, 6) is 0.202. The van der Waals surface area contributed by atoms with Crippen molar-refractivity contribution < 1.29 is 17.9 Å². The monoisotopic (exact) mass is 376 g/mol. The van der Waals surface area contributed by atoms with Gasteiger partial charge in [-0.2, -0.15) is 0 Å². The maximum absolute atomic E-state index is 12.7. The Morgan fingerprint density at radius 3 is 2.23 bits per heavy atom. The summed E-state index contributed by atoms with van der Waals surface area (Å²) in [4.78, 5) is 12.7. The van der Waals surface area contributed by atoms with Crippen molar-refractivity contribution in [3.8, 4) is 5.75 Å². The summed E-state index contributed by atoms with van der Waals surface area (Å²) in [6, 6.07) is 11.3. The molecule has 6 nitrogen and oxygen atoms in total. The number of amides is 1. The van der Waals surface area contributed by atoms with Gasteiger partial charge in [-0.1, -0.05) is 17.7 Å². The predicted molar refractivity (Wildman–Crippen MR) is 104 cm³/mol. The highest BCUT2D eigenvalue weighted by Crippen LogP contribution is 2.25. The normalized spacial score (nSPS) is 12.3. The van der Waals surface area contributed by atoms with Crippen LogP contribution in [-0.2, 0) is 14.8 Å². The Bertz CT molecular complexity index is 892. The maximum atomic E-state index is 12.7. The third-order valence-corrected chi connectivity index (χ3v) is 5.30. The molecule has 26 heavy (non-hydrogen) atoms. The van der Waals surface area contributed by atoms with Crippen LogP contribution in [0.5, 0.6) is 5.75 Å². The van der Waals surface area contributed by atoms with Crippen LogP contribution in [-0.4, -0.2) is 33.7 Å². The molecule has 2 rings (SSSR count). The van der Waals surface area contributed by atoms with Crippen LogP contribution in [0, 0.1) is 13.8 Å². The quantitative estimate of drug-likeness (QED) is 0.840. The zero-order valence-corrected chi connectivity index (χ0v) is 16.4. The van der Waals surface area contributed by atoms with Gasteiger partial charge in [0.25, 0.3) is 0 Å². The number of methoxy groups -OCH3 is 1. The molecule has 1 amide bonds. The number of ether oxygens (including phenoxy) is 1. The molecule has 0 aliphatic carbocycles. The molecule has 0 radical (unpaired) electrons. The molecule has 1 atom stereocenters. The number of carbonyl (C=O) groups is 1. The third kappa shape index (κ3) is 4.54. The number of nitrogens with one attached hydrogen (secondary N) is 1. The highest BCUT2D eigenvalue weighted by molar-refractivity contribution is 7.92. The van der Waals surface area contributed by atoms with Crippen LogP contribution in [0.3, 0.4) is 0 Å². The molecular weight excluding hydrogens is 352 g/mol. The van der Waals surface area contributed by atoms with Crippen LogP contribution >= 0.6 is 0 Å². The van der Waals surface area contributed by atoms with Crippen LogP contribution in [0.25, 0.3) is 0 Å². The summed E-state index contributed by atoms with van der Waals surface area (Å²) >= 11 is 0. The van der Waals surface area contributed by atoms with Crippen molar-refractivity contribution in [3.05, 3.63) is 53.6 Å². The first-order chi connectivity index (χ1) is 12.1. The number of benzene rings is 2. The topological polar surface area (TPSA) is 75.7 Å². The summed E-state index contributed by atoms with van der Waals surface area (Å²) in [6.45, 7) is 5.42. The Kier molecular flexibility index (Phi) is 5.92. The second-order valence-electron chi connectivity index (χ2n) is 6.24. The number of hydrogen-bond acceptors (Lipinski definition) is 4. The number of aryl methyl sites for hydroxylation is 2. The summed E-state index contributed by atoms with van der Waals surface area (Å²) in [7, 11) is -2.13. The molecule has 0 aliphatic rings. The van der Waals surface area contributed by atoms with Crippen molar-refractivity contribution in [2.75, 3.05) is 23.0 Å². The van der Waals surface area contributed by atoms with Gasteiger partial charge in [0, 0.05) is 5.69 Å². The molecule has 0 saturated carbocycles. The second kappa shape index (κ2) is 7.78. The zero-order valence-electron chi connectivity index (χ0n) is 15.6. The molecular formula is C19H24N2O4S. The third-order valence-electron chi connectivity index (χ3n) is 4.06. The fourth-order valence-electron chi connectivity index (χ4n) is 2.73. The van der Waals surface area contributed by atoms with Gasteiger partial charge in [-0.05, 0) is 56.7 Å². The number of sulfonamides is 1. The van der Waals surface area contributed by atoms with Crippen LogP contribution in [0.1, 0.15) is 18.1 Å². The van der Waals surface area contributed by atoms with Crippen molar-refractivity contribution in [3.63, 3.8) is 0 Å². The lowest BCUT2D eigenvalue weighted by Crippen LogP contribution is -2.45. The highest BCUT2D eigenvalue weighted by atomic mass is 32.2. The molecule has 0 heterocycles. The van der Waals surface area contributed by atoms with Gasteiger partial charge in [0.1, 0.15) is 11.8 Å². The molecule has 2 aromatic rings. The van der Waals surface area contributed by atoms with E-state index in [1.165, 1.54) is 7.11 Å². The lowest BCUT2D eigenvalue weighted by atomic mass is 10.1. The van der Waals surface area contributed by atoms with Gasteiger partial charge >= 0.3 is 0 Å². The standard InChI is InChI=1S/C19H24N2O4S/c1-13-6-11-18(14(2)12-13)20-19(22)15(3)21(26(5,23)24)16-7-9-17(25-4)10-8-16/h6-12,15H,1-5H3,(H,20,22). The highest BCUT2D eigenvalue weighted by Gasteiger charge is 2.29. The first kappa shape index (κ1) is 19.8. The minimum Gasteiger partial charge on any atom is -0.497 e. The van der Waals surface area contributed by atoms with Gasteiger partial charge < -0.3 is 10.1 Å². The number of nitrogens with zero attached hydrogens (tertiary/aromatic N) is 1. The van der Waals surface area contributed by atoms with Crippen LogP contribution in [0.2, 0.25) is 0 Å². The number of hydrogen-bond donors (Lipinski definition) is 1. The summed E-state index contributed by atoms with van der Waals surface area (Å²) in [5, 5.41) is 2.81. The molecule has 0 spiro atoms. The van der Waals surface area contributed by atoms with Crippen molar-refractivity contribution in [1.29, 1.82) is 0 Å². The van der Waals surface area contributed by atoms with E-state index in [1.807, 2.05) is 32.0 Å². The minimum absolute atomic E-state index is 0.400. The molecule has 0 aromatic heterocycles. The van der Waals surface area contributed by atoms with E-state index in [2.05, 4.69) is 5.32 Å². The summed E-state index contributed by atoms with van der Waals surface area (Å²) in [6.07, 6.45) is 1.08. The summed E-state index contributed by atoms with van der Waals surface area (Å²) < 4.78 is 30.8. The largest absolute Gasteiger partial charge is 0.497 e. The Morgan fingerprint density at radius 2 is 1.73 bits per heavy atom. The molecule has 1 N–H and O–H groups in total. The Labute approximate surface area is 154 Å². The van der Waals surface area contributed by atoms with E-state index in [-0.39, 0.29) is 0 Å². The number of rotatable bonds is 6. The van der Waals surface area contributed by atoms with E-state index in [1.54, 1.807) is 31.2 Å². The van der Waals surface area contributed by atoms with Crippen molar-refractivity contribution in [1.82, 2.24) is 0 Å². The molecule has 140 valence electrons. The number of anilines is 2. The molecule has 1 unspecified atom stereocenters. The predicted octanol–water partition coefficient (Wildman–Crippen LogP) is 3.11. The van der Waals surface area contributed by atoms with E-state index in [9.17, 15) is 13.2 Å². The molecule has 0 aliphatic heterocycles. The Balaban J connectivity index is 2.30. The fourth-order valence-corrected chi connectivity index (χ4v) is 3.90. The summed E-state index contributed by atoms with van der Waals surface area (Å²) in [5.41, 5.74) is 3.07. The lowest BCUT2D eigenvalue weighted by Gasteiger charge is -2.28. The lowest BCUT2D eigenvalue weighted by molar-refractivity contribution is -0.116. The Hall–Kier alpha value is -2.54. The molecule has 0 fully saturated rings. The zero-order chi connectivity index (χ0) is 19.5. The van der Waals surface area contributed by atoms with Gasteiger partial charge in [0.2, 0.25) is 15.9 Å². The van der Waals surface area contributed by atoms with E-state index in [0.717, 1.165) is 21.7 Å². The van der Waals surface area contributed by atoms with Crippen molar-refractivity contribution in [2.45, 2.75) is 26.8 Å². The van der Waals surface area contributed by atoms with Crippen LogP contribution < -0.4 is 14.4 Å². The fraction of sp³-hybridized carbons (Fsp3) is 0.316.